The second-order valence-electron chi connectivity index (χ2n) is 5.80. The van der Waals surface area contributed by atoms with Crippen molar-refractivity contribution in [3.8, 4) is 0 Å². The van der Waals surface area contributed by atoms with E-state index in [1.165, 1.54) is 52.5 Å². The molecule has 0 heterocycles. The minimum absolute atomic E-state index is 0.238. The Balaban J connectivity index is 2.21. The lowest BCUT2D eigenvalue weighted by Gasteiger charge is -2.23. The normalized spacial score (nSPS) is 11.1. The number of para-hydroxylation sites is 1. The first-order chi connectivity index (χ1) is 12.7. The second kappa shape index (κ2) is 8.19. The molecule has 0 bridgehead atoms. The maximum atomic E-state index is 12.5. The Labute approximate surface area is 158 Å². The van der Waals surface area contributed by atoms with Crippen molar-refractivity contribution >= 4 is 33.5 Å². The third kappa shape index (κ3) is 4.44. The lowest BCUT2D eigenvalue weighted by Crippen LogP contribution is -2.37. The first-order valence-corrected chi connectivity index (χ1v) is 9.33. The second-order valence-corrected chi connectivity index (χ2v) is 7.97. The zero-order valence-electron chi connectivity index (χ0n) is 15.5. The first-order valence-electron chi connectivity index (χ1n) is 7.93. The monoisotopic (exact) mass is 391 g/mol. The fourth-order valence-electron chi connectivity index (χ4n) is 2.28. The standard InChI is InChI=1S/C18H21N3O5S/c1-20(2)27(24,25)21(3)14-11-9-13(10-12-14)17(22)19-16-8-6-5-7-15(16)18(23)26-4/h5-12H,1-4H3,(H,19,22). The summed E-state index contributed by atoms with van der Waals surface area (Å²) in [5.41, 5.74) is 1.29. The minimum atomic E-state index is -3.61. The fraction of sp³-hybridized carbons (Fsp3) is 0.222. The van der Waals surface area contributed by atoms with Gasteiger partial charge in [-0.2, -0.15) is 12.7 Å². The molecule has 0 aliphatic carbocycles. The highest BCUT2D eigenvalue weighted by Crippen LogP contribution is 2.20. The van der Waals surface area contributed by atoms with Gasteiger partial charge in [0, 0.05) is 26.7 Å². The van der Waals surface area contributed by atoms with Crippen molar-refractivity contribution < 1.29 is 22.7 Å². The molecule has 1 amide bonds. The Morgan fingerprint density at radius 1 is 0.963 bits per heavy atom. The third-order valence-corrected chi connectivity index (χ3v) is 5.71. The van der Waals surface area contributed by atoms with E-state index in [2.05, 4.69) is 5.32 Å². The quantitative estimate of drug-likeness (QED) is 0.760. The zero-order valence-corrected chi connectivity index (χ0v) is 16.3. The molecule has 1 N–H and O–H groups in total. The molecule has 0 spiro atoms. The van der Waals surface area contributed by atoms with E-state index in [9.17, 15) is 18.0 Å². The number of ether oxygens (including phenoxy) is 1. The van der Waals surface area contributed by atoms with E-state index in [0.717, 1.165) is 8.61 Å². The molecule has 2 aromatic rings. The Hall–Kier alpha value is -2.91. The van der Waals surface area contributed by atoms with E-state index in [1.807, 2.05) is 0 Å². The summed E-state index contributed by atoms with van der Waals surface area (Å²) >= 11 is 0. The number of anilines is 2. The smallest absolute Gasteiger partial charge is 0.339 e. The number of nitrogens with one attached hydrogen (secondary N) is 1. The van der Waals surface area contributed by atoms with Gasteiger partial charge in [0.25, 0.3) is 5.91 Å². The number of carbonyl (C=O) groups excluding carboxylic acids is 2. The molecular formula is C18H21N3O5S. The van der Waals surface area contributed by atoms with E-state index < -0.39 is 22.1 Å². The lowest BCUT2D eigenvalue weighted by molar-refractivity contribution is 0.0602. The van der Waals surface area contributed by atoms with Crippen LogP contribution < -0.4 is 9.62 Å². The Morgan fingerprint density at radius 3 is 2.11 bits per heavy atom. The van der Waals surface area contributed by atoms with Crippen molar-refractivity contribution in [1.29, 1.82) is 0 Å². The van der Waals surface area contributed by atoms with Crippen LogP contribution in [0.4, 0.5) is 11.4 Å². The number of benzene rings is 2. The zero-order chi connectivity index (χ0) is 20.2. The molecule has 0 aromatic heterocycles. The van der Waals surface area contributed by atoms with Crippen molar-refractivity contribution in [3.05, 3.63) is 59.7 Å². The average Bonchev–Trinajstić information content (AvgIpc) is 2.67. The van der Waals surface area contributed by atoms with Crippen LogP contribution in [0.3, 0.4) is 0 Å². The van der Waals surface area contributed by atoms with Gasteiger partial charge in [-0.05, 0) is 36.4 Å². The Morgan fingerprint density at radius 2 is 1.56 bits per heavy atom. The highest BCUT2D eigenvalue weighted by atomic mass is 32.2. The van der Waals surface area contributed by atoms with E-state index in [1.54, 1.807) is 24.3 Å². The summed E-state index contributed by atoms with van der Waals surface area (Å²) in [5, 5.41) is 2.66. The SMILES string of the molecule is COC(=O)c1ccccc1NC(=O)c1ccc(N(C)S(=O)(=O)N(C)C)cc1. The number of rotatable bonds is 6. The van der Waals surface area contributed by atoms with Crippen molar-refractivity contribution in [2.24, 2.45) is 0 Å². The molecule has 144 valence electrons. The molecule has 0 saturated carbocycles. The van der Waals surface area contributed by atoms with Crippen molar-refractivity contribution in [3.63, 3.8) is 0 Å². The number of esters is 1. The van der Waals surface area contributed by atoms with Crippen LogP contribution in [-0.2, 0) is 14.9 Å². The number of hydrogen-bond acceptors (Lipinski definition) is 5. The molecule has 0 radical (unpaired) electrons. The first kappa shape index (κ1) is 20.4. The fourth-order valence-corrected chi connectivity index (χ4v) is 3.15. The number of nitrogens with zero attached hydrogens (tertiary/aromatic N) is 2. The van der Waals surface area contributed by atoms with Gasteiger partial charge in [0.2, 0.25) is 0 Å². The van der Waals surface area contributed by atoms with Gasteiger partial charge >= 0.3 is 16.2 Å². The van der Waals surface area contributed by atoms with Gasteiger partial charge in [0.1, 0.15) is 0 Å². The van der Waals surface area contributed by atoms with E-state index >= 15 is 0 Å². The van der Waals surface area contributed by atoms with Crippen LogP contribution in [-0.4, -0.2) is 52.9 Å². The molecule has 27 heavy (non-hydrogen) atoms. The molecule has 0 aliphatic rings. The van der Waals surface area contributed by atoms with Crippen molar-refractivity contribution in [1.82, 2.24) is 4.31 Å². The predicted octanol–water partition coefficient (Wildman–Crippen LogP) is 1.97. The van der Waals surface area contributed by atoms with Crippen LogP contribution in [0, 0.1) is 0 Å². The van der Waals surface area contributed by atoms with Crippen LogP contribution in [0.25, 0.3) is 0 Å². The molecule has 0 fully saturated rings. The summed E-state index contributed by atoms with van der Waals surface area (Å²) in [6.45, 7) is 0. The summed E-state index contributed by atoms with van der Waals surface area (Å²) in [6.07, 6.45) is 0. The Bertz CT molecular complexity index is 940. The van der Waals surface area contributed by atoms with E-state index in [-0.39, 0.29) is 5.56 Å². The molecule has 0 aliphatic heterocycles. The number of methoxy groups -OCH3 is 1. The van der Waals surface area contributed by atoms with Crippen LogP contribution in [0.5, 0.6) is 0 Å². The van der Waals surface area contributed by atoms with Gasteiger partial charge in [-0.1, -0.05) is 12.1 Å². The van der Waals surface area contributed by atoms with Crippen molar-refractivity contribution in [2.75, 3.05) is 37.9 Å². The van der Waals surface area contributed by atoms with E-state index in [0.29, 0.717) is 16.9 Å². The number of carbonyl (C=O) groups is 2. The largest absolute Gasteiger partial charge is 0.465 e. The van der Waals surface area contributed by atoms with Crippen LogP contribution in [0.15, 0.2) is 48.5 Å². The summed E-state index contributed by atoms with van der Waals surface area (Å²) < 4.78 is 31.2. The van der Waals surface area contributed by atoms with Gasteiger partial charge in [-0.25, -0.2) is 4.79 Å². The summed E-state index contributed by atoms with van der Waals surface area (Å²) in [5.74, 6) is -0.993. The molecule has 0 atom stereocenters. The molecule has 2 rings (SSSR count). The summed E-state index contributed by atoms with van der Waals surface area (Å²) in [4.78, 5) is 24.2. The average molecular weight is 391 g/mol. The maximum absolute atomic E-state index is 12.5. The van der Waals surface area contributed by atoms with Gasteiger partial charge in [0.05, 0.1) is 24.0 Å². The maximum Gasteiger partial charge on any atom is 0.339 e. The Kier molecular flexibility index (Phi) is 6.19. The molecule has 0 unspecified atom stereocenters. The minimum Gasteiger partial charge on any atom is -0.465 e. The lowest BCUT2D eigenvalue weighted by atomic mass is 10.1. The summed E-state index contributed by atoms with van der Waals surface area (Å²) in [6, 6.07) is 12.6. The summed E-state index contributed by atoms with van der Waals surface area (Å²) in [7, 11) is 1.95. The third-order valence-electron chi connectivity index (χ3n) is 3.88. The van der Waals surface area contributed by atoms with Crippen LogP contribution in [0.1, 0.15) is 20.7 Å². The van der Waals surface area contributed by atoms with Gasteiger partial charge < -0.3 is 10.1 Å². The van der Waals surface area contributed by atoms with Crippen LogP contribution in [0.2, 0.25) is 0 Å². The highest BCUT2D eigenvalue weighted by Gasteiger charge is 2.21. The van der Waals surface area contributed by atoms with Gasteiger partial charge in [-0.15, -0.1) is 0 Å². The molecule has 8 nitrogen and oxygen atoms in total. The van der Waals surface area contributed by atoms with Gasteiger partial charge in [0.15, 0.2) is 0 Å². The van der Waals surface area contributed by atoms with Crippen molar-refractivity contribution in [2.45, 2.75) is 0 Å². The van der Waals surface area contributed by atoms with E-state index in [4.69, 9.17) is 4.74 Å². The predicted molar refractivity (Wildman–Crippen MR) is 103 cm³/mol. The topological polar surface area (TPSA) is 96.0 Å². The molecule has 9 heteroatoms. The molecule has 2 aromatic carbocycles. The highest BCUT2D eigenvalue weighted by molar-refractivity contribution is 7.90. The number of hydrogen-bond donors (Lipinski definition) is 1. The number of amides is 1. The van der Waals surface area contributed by atoms with Crippen LogP contribution >= 0.6 is 0 Å². The van der Waals surface area contributed by atoms with Gasteiger partial charge in [-0.3, -0.25) is 9.10 Å². The molecular weight excluding hydrogens is 370 g/mol. The molecule has 0 saturated heterocycles.